The zero-order chi connectivity index (χ0) is 18.2. The summed E-state index contributed by atoms with van der Waals surface area (Å²) < 4.78 is 33.0. The van der Waals surface area contributed by atoms with Crippen molar-refractivity contribution in [2.75, 3.05) is 29.8 Å². The van der Waals surface area contributed by atoms with Crippen LogP contribution in [0.4, 0.5) is 17.1 Å². The Labute approximate surface area is 149 Å². The van der Waals surface area contributed by atoms with E-state index in [1.54, 1.807) is 6.07 Å². The van der Waals surface area contributed by atoms with Gasteiger partial charge in [0.2, 0.25) is 0 Å². The largest absolute Gasteiger partial charge is 0.490 e. The fraction of sp³-hybridized carbons (Fsp3) is 0.200. The van der Waals surface area contributed by atoms with Crippen LogP contribution in [0.5, 0.6) is 5.75 Å². The maximum Gasteiger partial charge on any atom is 0.271 e. The summed E-state index contributed by atoms with van der Waals surface area (Å²) in [5.41, 5.74) is 0.513. The Balaban J connectivity index is 1.92. The number of sulfonamides is 1. The highest BCUT2D eigenvalue weighted by atomic mass is 35.5. The van der Waals surface area contributed by atoms with Crippen LogP contribution in [0.15, 0.2) is 41.3 Å². The standard InChI is InChI=1S/C15H14ClN3O5S/c1-18-6-7-24-15-5-3-11(9-14(15)18)25(22,23)17-13-4-2-10(19(20)21)8-12(13)16/h2-5,8-9,17H,6-7H2,1H3. The number of benzene rings is 2. The molecular formula is C15H14ClN3O5S. The van der Waals surface area contributed by atoms with Crippen LogP contribution in [0.1, 0.15) is 0 Å². The molecular weight excluding hydrogens is 370 g/mol. The summed E-state index contributed by atoms with van der Waals surface area (Å²) in [5, 5.41) is 10.7. The molecule has 0 spiro atoms. The van der Waals surface area contributed by atoms with Gasteiger partial charge in [0.05, 0.1) is 32.8 Å². The third-order valence-corrected chi connectivity index (χ3v) is 5.42. The number of fused-ring (bicyclic) bond motifs is 1. The van der Waals surface area contributed by atoms with Crippen molar-refractivity contribution in [2.45, 2.75) is 4.90 Å². The predicted octanol–water partition coefficient (Wildman–Crippen LogP) is 2.88. The van der Waals surface area contributed by atoms with Crippen LogP contribution in [0.2, 0.25) is 5.02 Å². The van der Waals surface area contributed by atoms with Crippen molar-refractivity contribution in [3.05, 3.63) is 51.5 Å². The Kier molecular flexibility index (Phi) is 4.44. The Morgan fingerprint density at radius 3 is 2.72 bits per heavy atom. The van der Waals surface area contributed by atoms with E-state index in [1.807, 2.05) is 11.9 Å². The highest BCUT2D eigenvalue weighted by Crippen LogP contribution is 2.34. The van der Waals surface area contributed by atoms with E-state index in [9.17, 15) is 18.5 Å². The minimum atomic E-state index is -3.91. The van der Waals surface area contributed by atoms with Gasteiger partial charge in [-0.2, -0.15) is 0 Å². The van der Waals surface area contributed by atoms with Crippen molar-refractivity contribution in [1.82, 2.24) is 0 Å². The lowest BCUT2D eigenvalue weighted by Crippen LogP contribution is -2.29. The van der Waals surface area contributed by atoms with Crippen LogP contribution >= 0.6 is 11.6 Å². The number of nitrogens with one attached hydrogen (secondary N) is 1. The number of hydrogen-bond donors (Lipinski definition) is 1. The van der Waals surface area contributed by atoms with Crippen LogP contribution in [0.3, 0.4) is 0 Å². The molecule has 0 saturated carbocycles. The molecule has 0 aromatic heterocycles. The van der Waals surface area contributed by atoms with E-state index in [0.29, 0.717) is 24.6 Å². The molecule has 0 aliphatic carbocycles. The average Bonchev–Trinajstić information content (AvgIpc) is 2.56. The SMILES string of the molecule is CN1CCOc2ccc(S(=O)(=O)Nc3ccc([N+](=O)[O-])cc3Cl)cc21. The third-order valence-electron chi connectivity index (χ3n) is 3.74. The van der Waals surface area contributed by atoms with E-state index in [1.165, 1.54) is 24.3 Å². The van der Waals surface area contributed by atoms with Gasteiger partial charge in [0, 0.05) is 19.2 Å². The molecule has 10 heteroatoms. The maximum absolute atomic E-state index is 12.6. The van der Waals surface area contributed by atoms with Gasteiger partial charge < -0.3 is 9.64 Å². The van der Waals surface area contributed by atoms with E-state index in [0.717, 1.165) is 6.07 Å². The van der Waals surface area contributed by atoms with Crippen molar-refractivity contribution in [2.24, 2.45) is 0 Å². The normalized spacial score (nSPS) is 13.8. The molecule has 0 unspecified atom stereocenters. The topological polar surface area (TPSA) is 102 Å². The molecule has 1 N–H and O–H groups in total. The molecule has 1 aliphatic rings. The summed E-state index contributed by atoms with van der Waals surface area (Å²) in [5.74, 6) is 0.612. The number of nitro groups is 1. The van der Waals surface area contributed by atoms with Gasteiger partial charge in [0.25, 0.3) is 15.7 Å². The minimum absolute atomic E-state index is 0.0398. The summed E-state index contributed by atoms with van der Waals surface area (Å²) in [4.78, 5) is 12.1. The molecule has 2 aromatic carbocycles. The Hall–Kier alpha value is -2.52. The number of hydrogen-bond acceptors (Lipinski definition) is 6. The summed E-state index contributed by atoms with van der Waals surface area (Å²) in [6.45, 7) is 1.18. The van der Waals surface area contributed by atoms with E-state index in [2.05, 4.69) is 4.72 Å². The van der Waals surface area contributed by atoms with Crippen LogP contribution in [0.25, 0.3) is 0 Å². The Morgan fingerprint density at radius 1 is 1.28 bits per heavy atom. The first-order chi connectivity index (χ1) is 11.8. The number of rotatable bonds is 4. The van der Waals surface area contributed by atoms with Gasteiger partial charge in [-0.3, -0.25) is 14.8 Å². The second kappa shape index (κ2) is 6.41. The van der Waals surface area contributed by atoms with Gasteiger partial charge in [-0.15, -0.1) is 0 Å². The number of nitrogens with zero attached hydrogens (tertiary/aromatic N) is 2. The summed E-state index contributed by atoms with van der Waals surface area (Å²) in [7, 11) is -2.07. The lowest BCUT2D eigenvalue weighted by molar-refractivity contribution is -0.384. The van der Waals surface area contributed by atoms with Crippen LogP contribution in [-0.4, -0.2) is 33.5 Å². The number of ether oxygens (including phenoxy) is 1. The molecule has 0 radical (unpaired) electrons. The zero-order valence-electron chi connectivity index (χ0n) is 13.1. The molecule has 0 atom stereocenters. The highest BCUT2D eigenvalue weighted by Gasteiger charge is 2.22. The van der Waals surface area contributed by atoms with Gasteiger partial charge >= 0.3 is 0 Å². The number of likely N-dealkylation sites (N-methyl/N-ethyl adjacent to an activating group) is 1. The monoisotopic (exact) mass is 383 g/mol. The smallest absolute Gasteiger partial charge is 0.271 e. The van der Waals surface area contributed by atoms with E-state index < -0.39 is 14.9 Å². The molecule has 1 aliphatic heterocycles. The Bertz CT molecular complexity index is 948. The van der Waals surface area contributed by atoms with Gasteiger partial charge in [0.15, 0.2) is 0 Å². The fourth-order valence-corrected chi connectivity index (χ4v) is 3.78. The minimum Gasteiger partial charge on any atom is -0.490 e. The van der Waals surface area contributed by atoms with E-state index in [4.69, 9.17) is 16.3 Å². The molecule has 2 aromatic rings. The van der Waals surface area contributed by atoms with Crippen molar-refractivity contribution in [1.29, 1.82) is 0 Å². The van der Waals surface area contributed by atoms with Crippen LogP contribution in [0, 0.1) is 10.1 Å². The number of non-ortho nitro benzene ring substituents is 1. The van der Waals surface area contributed by atoms with Crippen molar-refractivity contribution in [3.8, 4) is 5.75 Å². The number of nitro benzene ring substituents is 1. The summed E-state index contributed by atoms with van der Waals surface area (Å²) in [6.07, 6.45) is 0. The van der Waals surface area contributed by atoms with E-state index >= 15 is 0 Å². The molecule has 0 amide bonds. The lowest BCUT2D eigenvalue weighted by Gasteiger charge is -2.28. The first kappa shape index (κ1) is 17.3. The van der Waals surface area contributed by atoms with Gasteiger partial charge in [0.1, 0.15) is 12.4 Å². The third kappa shape index (κ3) is 3.47. The first-order valence-corrected chi connectivity index (χ1v) is 9.09. The summed E-state index contributed by atoms with van der Waals surface area (Å²) in [6, 6.07) is 8.06. The quantitative estimate of drug-likeness (QED) is 0.643. The van der Waals surface area contributed by atoms with Crippen molar-refractivity contribution in [3.63, 3.8) is 0 Å². The van der Waals surface area contributed by atoms with Gasteiger partial charge in [-0.05, 0) is 24.3 Å². The molecule has 0 saturated heterocycles. The zero-order valence-corrected chi connectivity index (χ0v) is 14.7. The van der Waals surface area contributed by atoms with Crippen molar-refractivity contribution < 1.29 is 18.1 Å². The van der Waals surface area contributed by atoms with Crippen LogP contribution < -0.4 is 14.4 Å². The highest BCUT2D eigenvalue weighted by molar-refractivity contribution is 7.92. The van der Waals surface area contributed by atoms with Crippen molar-refractivity contribution >= 4 is 38.7 Å². The molecule has 0 bridgehead atoms. The second-order valence-corrected chi connectivity index (χ2v) is 7.52. The molecule has 1 heterocycles. The Morgan fingerprint density at radius 2 is 2.04 bits per heavy atom. The van der Waals surface area contributed by atoms with Gasteiger partial charge in [-0.1, -0.05) is 11.6 Å². The molecule has 132 valence electrons. The predicted molar refractivity (Wildman–Crippen MR) is 94.1 cm³/mol. The molecule has 8 nitrogen and oxygen atoms in total. The summed E-state index contributed by atoms with van der Waals surface area (Å²) >= 11 is 5.95. The lowest BCUT2D eigenvalue weighted by atomic mass is 10.2. The fourth-order valence-electron chi connectivity index (χ4n) is 2.40. The van der Waals surface area contributed by atoms with Gasteiger partial charge in [-0.25, -0.2) is 8.42 Å². The molecule has 3 rings (SSSR count). The number of halogens is 1. The molecule has 0 fully saturated rings. The average molecular weight is 384 g/mol. The van der Waals surface area contributed by atoms with E-state index in [-0.39, 0.29) is 21.3 Å². The van der Waals surface area contributed by atoms with Crippen LogP contribution in [-0.2, 0) is 10.0 Å². The molecule has 25 heavy (non-hydrogen) atoms. The first-order valence-electron chi connectivity index (χ1n) is 7.23. The second-order valence-electron chi connectivity index (χ2n) is 5.43. The number of anilines is 2. The maximum atomic E-state index is 12.6.